The number of nitrogens with zero attached hydrogens (tertiary/aromatic N) is 4. The van der Waals surface area contributed by atoms with Crippen LogP contribution in [0.1, 0.15) is 18.1 Å². The Morgan fingerprint density at radius 1 is 1.21 bits per heavy atom. The zero-order valence-electron chi connectivity index (χ0n) is 14.2. The summed E-state index contributed by atoms with van der Waals surface area (Å²) in [5.41, 5.74) is 2.48. The van der Waals surface area contributed by atoms with Crippen molar-refractivity contribution in [1.29, 1.82) is 0 Å². The van der Waals surface area contributed by atoms with E-state index in [2.05, 4.69) is 51.4 Å². The van der Waals surface area contributed by atoms with Crippen molar-refractivity contribution in [3.05, 3.63) is 47.7 Å². The Morgan fingerprint density at radius 2 is 2.00 bits per heavy atom. The quantitative estimate of drug-likeness (QED) is 0.932. The second-order valence-corrected chi connectivity index (χ2v) is 6.08. The van der Waals surface area contributed by atoms with Crippen LogP contribution in [0, 0.1) is 6.92 Å². The lowest BCUT2D eigenvalue weighted by Crippen LogP contribution is -2.48. The minimum absolute atomic E-state index is 0.129. The molecule has 1 saturated heterocycles. The standard InChI is InChI=1S/C18H23N5O/c1-14-4-3-5-16(12-14)13-20-17-6-7-19-18(21-17)23-10-8-22(9-11-23)15(2)24/h3-7,12H,8-11,13H2,1-2H3,(H,19,20,21). The van der Waals surface area contributed by atoms with E-state index >= 15 is 0 Å². The van der Waals surface area contributed by atoms with E-state index in [1.54, 1.807) is 13.1 Å². The van der Waals surface area contributed by atoms with E-state index in [1.165, 1.54) is 11.1 Å². The molecule has 1 aliphatic heterocycles. The predicted octanol–water partition coefficient (Wildman–Crippen LogP) is 2.07. The van der Waals surface area contributed by atoms with Gasteiger partial charge in [0.15, 0.2) is 0 Å². The van der Waals surface area contributed by atoms with Crippen molar-refractivity contribution in [1.82, 2.24) is 14.9 Å². The number of benzene rings is 1. The first kappa shape index (κ1) is 16.2. The number of hydrogen-bond acceptors (Lipinski definition) is 5. The molecule has 0 aliphatic carbocycles. The molecule has 1 amide bonds. The maximum absolute atomic E-state index is 11.4. The molecule has 0 unspecified atom stereocenters. The SMILES string of the molecule is CC(=O)N1CCN(c2nccc(NCc3cccc(C)c3)n2)CC1. The van der Waals surface area contributed by atoms with Crippen LogP contribution in [0.15, 0.2) is 36.5 Å². The van der Waals surface area contributed by atoms with E-state index in [1.807, 2.05) is 11.0 Å². The van der Waals surface area contributed by atoms with Gasteiger partial charge in [-0.3, -0.25) is 4.79 Å². The van der Waals surface area contributed by atoms with Crippen LogP contribution in [-0.2, 0) is 11.3 Å². The average Bonchev–Trinajstić information content (AvgIpc) is 2.60. The van der Waals surface area contributed by atoms with Crippen LogP contribution in [0.5, 0.6) is 0 Å². The Morgan fingerprint density at radius 3 is 2.71 bits per heavy atom. The van der Waals surface area contributed by atoms with Crippen LogP contribution in [0.25, 0.3) is 0 Å². The molecule has 24 heavy (non-hydrogen) atoms. The van der Waals surface area contributed by atoms with Crippen molar-refractivity contribution < 1.29 is 4.79 Å². The summed E-state index contributed by atoms with van der Waals surface area (Å²) in [5, 5.41) is 3.35. The Kier molecular flexibility index (Phi) is 4.93. The Balaban J connectivity index is 1.61. The highest BCUT2D eigenvalue weighted by Crippen LogP contribution is 2.14. The lowest BCUT2D eigenvalue weighted by molar-refractivity contribution is -0.129. The minimum Gasteiger partial charge on any atom is -0.366 e. The summed E-state index contributed by atoms with van der Waals surface area (Å²) in [5.74, 6) is 1.66. The van der Waals surface area contributed by atoms with Gasteiger partial charge < -0.3 is 15.1 Å². The first-order chi connectivity index (χ1) is 11.6. The van der Waals surface area contributed by atoms with Gasteiger partial charge in [0.1, 0.15) is 5.82 Å². The number of rotatable bonds is 4. The lowest BCUT2D eigenvalue weighted by atomic mass is 10.1. The van der Waals surface area contributed by atoms with Gasteiger partial charge in [0.2, 0.25) is 11.9 Å². The maximum atomic E-state index is 11.4. The number of anilines is 2. The van der Waals surface area contributed by atoms with Crippen molar-refractivity contribution in [3.8, 4) is 0 Å². The normalized spacial score (nSPS) is 14.6. The lowest BCUT2D eigenvalue weighted by Gasteiger charge is -2.34. The van der Waals surface area contributed by atoms with Gasteiger partial charge in [-0.2, -0.15) is 4.98 Å². The fourth-order valence-electron chi connectivity index (χ4n) is 2.84. The molecule has 2 heterocycles. The molecule has 1 aromatic carbocycles. The maximum Gasteiger partial charge on any atom is 0.227 e. The van der Waals surface area contributed by atoms with E-state index in [9.17, 15) is 4.79 Å². The fraction of sp³-hybridized carbons (Fsp3) is 0.389. The Hall–Kier alpha value is -2.63. The number of carbonyl (C=O) groups is 1. The highest BCUT2D eigenvalue weighted by atomic mass is 16.2. The van der Waals surface area contributed by atoms with Gasteiger partial charge in [-0.15, -0.1) is 0 Å². The van der Waals surface area contributed by atoms with E-state index in [0.717, 1.165) is 38.5 Å². The minimum atomic E-state index is 0.129. The smallest absolute Gasteiger partial charge is 0.227 e. The summed E-state index contributed by atoms with van der Waals surface area (Å²) < 4.78 is 0. The third-order valence-corrected chi connectivity index (χ3v) is 4.21. The second-order valence-electron chi connectivity index (χ2n) is 6.08. The molecule has 0 atom stereocenters. The molecule has 126 valence electrons. The number of carbonyl (C=O) groups excluding carboxylic acids is 1. The molecule has 0 saturated carbocycles. The van der Waals surface area contributed by atoms with E-state index in [-0.39, 0.29) is 5.91 Å². The molecule has 1 N–H and O–H groups in total. The molecule has 0 radical (unpaired) electrons. The number of aromatic nitrogens is 2. The van der Waals surface area contributed by atoms with Crippen LogP contribution in [0.2, 0.25) is 0 Å². The van der Waals surface area contributed by atoms with Crippen LogP contribution in [-0.4, -0.2) is 47.0 Å². The molecule has 0 bridgehead atoms. The second kappa shape index (κ2) is 7.29. The van der Waals surface area contributed by atoms with Crippen molar-refractivity contribution in [2.24, 2.45) is 0 Å². The molecule has 3 rings (SSSR count). The van der Waals surface area contributed by atoms with E-state index < -0.39 is 0 Å². The van der Waals surface area contributed by atoms with Crippen LogP contribution in [0.4, 0.5) is 11.8 Å². The van der Waals surface area contributed by atoms with Crippen molar-refractivity contribution in [2.45, 2.75) is 20.4 Å². The molecule has 1 fully saturated rings. The highest BCUT2D eigenvalue weighted by Gasteiger charge is 2.20. The summed E-state index contributed by atoms with van der Waals surface area (Å²) in [6, 6.07) is 10.3. The van der Waals surface area contributed by atoms with Crippen LogP contribution < -0.4 is 10.2 Å². The van der Waals surface area contributed by atoms with Gasteiger partial charge >= 0.3 is 0 Å². The van der Waals surface area contributed by atoms with Gasteiger partial charge in [-0.25, -0.2) is 4.98 Å². The zero-order chi connectivity index (χ0) is 16.9. The molecule has 0 spiro atoms. The third-order valence-electron chi connectivity index (χ3n) is 4.21. The van der Waals surface area contributed by atoms with Crippen LogP contribution >= 0.6 is 0 Å². The largest absolute Gasteiger partial charge is 0.366 e. The van der Waals surface area contributed by atoms with Crippen molar-refractivity contribution in [3.63, 3.8) is 0 Å². The fourth-order valence-corrected chi connectivity index (χ4v) is 2.84. The summed E-state index contributed by atoms with van der Waals surface area (Å²) in [6.45, 7) is 7.41. The molecule has 1 aliphatic rings. The Labute approximate surface area is 142 Å². The molecule has 6 nitrogen and oxygen atoms in total. The molecular formula is C18H23N5O. The first-order valence-electron chi connectivity index (χ1n) is 8.25. The summed E-state index contributed by atoms with van der Waals surface area (Å²) >= 11 is 0. The highest BCUT2D eigenvalue weighted by molar-refractivity contribution is 5.73. The topological polar surface area (TPSA) is 61.4 Å². The van der Waals surface area contributed by atoms with E-state index in [4.69, 9.17) is 0 Å². The molecule has 2 aromatic rings. The van der Waals surface area contributed by atoms with Crippen molar-refractivity contribution in [2.75, 3.05) is 36.4 Å². The number of nitrogens with one attached hydrogen (secondary N) is 1. The molecule has 1 aromatic heterocycles. The third kappa shape index (κ3) is 4.01. The van der Waals surface area contributed by atoms with E-state index in [0.29, 0.717) is 5.95 Å². The van der Waals surface area contributed by atoms with Gasteiger partial charge in [0, 0.05) is 45.8 Å². The van der Waals surface area contributed by atoms with Gasteiger partial charge in [0.25, 0.3) is 0 Å². The number of piperazine rings is 1. The summed E-state index contributed by atoms with van der Waals surface area (Å²) in [7, 11) is 0. The number of amides is 1. The van der Waals surface area contributed by atoms with Crippen LogP contribution in [0.3, 0.4) is 0 Å². The van der Waals surface area contributed by atoms with Gasteiger partial charge in [-0.05, 0) is 18.6 Å². The van der Waals surface area contributed by atoms with Gasteiger partial charge in [0.05, 0.1) is 0 Å². The number of aryl methyl sites for hydroxylation is 1. The Bertz CT molecular complexity index is 710. The predicted molar refractivity (Wildman–Crippen MR) is 95.0 cm³/mol. The van der Waals surface area contributed by atoms with Gasteiger partial charge in [-0.1, -0.05) is 29.8 Å². The first-order valence-corrected chi connectivity index (χ1v) is 8.25. The number of hydrogen-bond donors (Lipinski definition) is 1. The van der Waals surface area contributed by atoms with Crippen molar-refractivity contribution >= 4 is 17.7 Å². The average molecular weight is 325 g/mol. The molecule has 6 heteroatoms. The summed E-state index contributed by atoms with van der Waals surface area (Å²) in [6.07, 6.45) is 1.78. The molecular weight excluding hydrogens is 302 g/mol. The zero-order valence-corrected chi connectivity index (χ0v) is 14.2. The summed E-state index contributed by atoms with van der Waals surface area (Å²) in [4.78, 5) is 24.4. The monoisotopic (exact) mass is 325 g/mol.